The van der Waals surface area contributed by atoms with Gasteiger partial charge in [0.25, 0.3) is 0 Å². The van der Waals surface area contributed by atoms with Gasteiger partial charge in [0.1, 0.15) is 0 Å². The Labute approximate surface area is 85.0 Å². The van der Waals surface area contributed by atoms with Gasteiger partial charge in [0.2, 0.25) is 0 Å². The molecule has 51 valence electrons. The van der Waals surface area contributed by atoms with E-state index in [0.29, 0.717) is 0 Å². The fourth-order valence-electron chi connectivity index (χ4n) is 0.619. The van der Waals surface area contributed by atoms with Crippen LogP contribution >= 0.6 is 0 Å². The van der Waals surface area contributed by atoms with E-state index in [9.17, 15) is 4.79 Å². The molecule has 1 N–H and O–H groups in total. The van der Waals surface area contributed by atoms with Crippen LogP contribution in [0.25, 0.3) is 0 Å². The van der Waals surface area contributed by atoms with Crippen LogP contribution in [0, 0.1) is 39.6 Å². The van der Waals surface area contributed by atoms with Crippen LogP contribution in [0.3, 0.4) is 0 Å². The van der Waals surface area contributed by atoms with Gasteiger partial charge in [0.05, 0.1) is 0 Å². The summed E-state index contributed by atoms with van der Waals surface area (Å²) in [4.78, 5) is 10.4. The molecule has 0 saturated heterocycles. The van der Waals surface area contributed by atoms with Crippen molar-refractivity contribution in [3.63, 3.8) is 0 Å². The van der Waals surface area contributed by atoms with Crippen molar-refractivity contribution < 1.29 is 54.3 Å². The van der Waals surface area contributed by atoms with E-state index < -0.39 is 12.1 Å². The number of carboxylic acids is 1. The third-order valence-electron chi connectivity index (χ3n) is 1.08. The zero-order chi connectivity index (χ0) is 7.56. The van der Waals surface area contributed by atoms with E-state index >= 15 is 0 Å². The summed E-state index contributed by atoms with van der Waals surface area (Å²) in [5.74, 6) is -0.911. The van der Waals surface area contributed by atoms with E-state index in [1.807, 2.05) is 0 Å². The van der Waals surface area contributed by atoms with Crippen molar-refractivity contribution in [2.75, 3.05) is 0 Å². The van der Waals surface area contributed by atoms with E-state index in [4.69, 9.17) is 9.84 Å². The minimum atomic E-state index is -0.911. The van der Waals surface area contributed by atoms with Gasteiger partial charge in [-0.3, -0.25) is 0 Å². The number of rotatable bonds is 1. The van der Waals surface area contributed by atoms with Gasteiger partial charge in [-0.2, -0.15) is 0 Å². The zero-order valence-electron chi connectivity index (χ0n) is 5.07. The van der Waals surface area contributed by atoms with Crippen molar-refractivity contribution >= 4 is 5.97 Å². The van der Waals surface area contributed by atoms with Gasteiger partial charge in [-0.05, 0) is 0 Å². The Morgan fingerprint density at radius 3 is 2.90 bits per heavy atom. The molecule has 1 aliphatic rings. The average molecular weight is 265 g/mol. The van der Waals surface area contributed by atoms with Crippen molar-refractivity contribution in [3.8, 4) is 0 Å². The van der Waals surface area contributed by atoms with Crippen molar-refractivity contribution in [3.05, 3.63) is 19.5 Å². The summed E-state index contributed by atoms with van der Waals surface area (Å²) < 4.78 is 5.69. The van der Waals surface area contributed by atoms with Crippen molar-refractivity contribution in [1.82, 2.24) is 0 Å². The van der Waals surface area contributed by atoms with Gasteiger partial charge < -0.3 is 0 Å². The van der Waals surface area contributed by atoms with Crippen LogP contribution in [0.15, 0.2) is 19.5 Å². The summed E-state index contributed by atoms with van der Waals surface area (Å²) in [5.41, 5.74) is 0. The van der Waals surface area contributed by atoms with Gasteiger partial charge in [-0.1, -0.05) is 0 Å². The number of ether oxygens (including phenoxy) is 1. The first kappa shape index (κ1) is 8.23. The van der Waals surface area contributed by atoms with Crippen molar-refractivity contribution in [2.45, 2.75) is 6.10 Å². The second kappa shape index (κ2) is 3.50. The van der Waals surface area contributed by atoms with Gasteiger partial charge in [-0.25, -0.2) is 0 Å². The summed E-state index contributed by atoms with van der Waals surface area (Å²) >= 11 is 0.736. The van der Waals surface area contributed by atoms with Crippen LogP contribution in [0.5, 0.6) is 0 Å². The number of carboxylic acid groups (broad SMARTS) is 1. The quantitative estimate of drug-likeness (QED) is 0.747. The predicted octanol–water partition coefficient (Wildman–Crippen LogP) is 0.417. The van der Waals surface area contributed by atoms with Gasteiger partial charge >= 0.3 is 85.9 Å². The third-order valence-corrected chi connectivity index (χ3v) is 2.42. The Morgan fingerprint density at radius 2 is 2.50 bits per heavy atom. The van der Waals surface area contributed by atoms with Crippen LogP contribution < -0.4 is 0 Å². The van der Waals surface area contributed by atoms with E-state index in [-0.39, 0.29) is 0 Å². The molecule has 0 aromatic carbocycles. The van der Waals surface area contributed by atoms with Crippen LogP contribution in [-0.4, -0.2) is 17.2 Å². The summed E-state index contributed by atoms with van der Waals surface area (Å²) in [5, 5.41) is 8.53. The van der Waals surface area contributed by atoms with Crippen LogP contribution in [0.1, 0.15) is 0 Å². The molecular weight excluding hydrogens is 260 g/mol. The van der Waals surface area contributed by atoms with Gasteiger partial charge in [0, 0.05) is 0 Å². The van der Waals surface area contributed by atoms with E-state index in [0.717, 1.165) is 40.7 Å². The topological polar surface area (TPSA) is 46.5 Å². The Balaban J connectivity index is 2.73. The molecule has 0 aromatic heterocycles. The number of aliphatic carboxylic acids is 1. The molecule has 0 amide bonds. The molecule has 1 aliphatic heterocycles. The molecule has 1 heterocycles. The van der Waals surface area contributed by atoms with Crippen LogP contribution in [-0.2, 0) is 9.53 Å². The average Bonchev–Trinajstić information content (AvgIpc) is 1.88. The molecule has 0 radical (unpaired) electrons. The molecule has 0 aromatic rings. The molecule has 1 atom stereocenters. The number of carbonyl (C=O) groups is 1. The molecule has 0 spiro atoms. The Kier molecular flexibility index (Phi) is 2.88. The van der Waals surface area contributed by atoms with Gasteiger partial charge in [-0.15, -0.1) is 0 Å². The Bertz CT molecular complexity index is 207. The molecular formula is C6H5CeO3. The molecule has 3 nitrogen and oxygen atoms in total. The SMILES string of the molecule is O=C(O)C1OC=CC=[C]1[Ce]. The number of allylic oxidation sites excluding steroid dienone is 2. The molecule has 0 saturated carbocycles. The first-order chi connectivity index (χ1) is 4.72. The van der Waals surface area contributed by atoms with Crippen LogP contribution in [0.4, 0.5) is 0 Å². The zero-order valence-corrected chi connectivity index (χ0v) is 8.21. The molecule has 4 heteroatoms. The van der Waals surface area contributed by atoms with Crippen molar-refractivity contribution in [2.24, 2.45) is 0 Å². The maximum absolute atomic E-state index is 10.4. The molecule has 0 fully saturated rings. The molecule has 10 heavy (non-hydrogen) atoms. The Morgan fingerprint density at radius 1 is 1.80 bits per heavy atom. The number of hydrogen-bond donors (Lipinski definition) is 1. The summed E-state index contributed by atoms with van der Waals surface area (Å²) in [6, 6.07) is 0. The van der Waals surface area contributed by atoms with Crippen LogP contribution in [0.2, 0.25) is 0 Å². The van der Waals surface area contributed by atoms with E-state index in [2.05, 4.69) is 0 Å². The molecule has 0 aliphatic carbocycles. The predicted molar refractivity (Wildman–Crippen MR) is 29.7 cm³/mol. The monoisotopic (exact) mass is 265 g/mol. The maximum atomic E-state index is 10.4. The van der Waals surface area contributed by atoms with E-state index in [1.165, 1.54) is 6.26 Å². The molecule has 0 bridgehead atoms. The second-order valence-corrected chi connectivity index (χ2v) is 3.62. The summed E-state index contributed by atoms with van der Waals surface area (Å²) in [7, 11) is 0. The number of hydrogen-bond acceptors (Lipinski definition) is 2. The molecule has 1 rings (SSSR count). The molecule has 1 unspecified atom stereocenters. The van der Waals surface area contributed by atoms with Gasteiger partial charge in [0.15, 0.2) is 0 Å². The fourth-order valence-corrected chi connectivity index (χ4v) is 1.52. The first-order valence-corrected chi connectivity index (χ1v) is 4.25. The standard InChI is InChI=1S/C6H5O3.Ce/c7-6(8)5-3-1-2-4-9-5;/h1-2,4-5H,(H,7,8);. The summed E-state index contributed by atoms with van der Waals surface area (Å²) in [6.45, 7) is 0. The Hall–Kier alpha value is 0.127. The summed E-state index contributed by atoms with van der Waals surface area (Å²) in [6.07, 6.45) is 4.17. The minimum absolute atomic E-state index is 0.725. The second-order valence-electron chi connectivity index (χ2n) is 1.80. The fraction of sp³-hybridized carbons (Fsp3) is 0.167. The first-order valence-electron chi connectivity index (χ1n) is 2.68. The van der Waals surface area contributed by atoms with E-state index in [1.54, 1.807) is 12.2 Å². The third kappa shape index (κ3) is 1.80. The normalized spacial score (nSPS) is 23.1. The van der Waals surface area contributed by atoms with Crippen molar-refractivity contribution in [1.29, 1.82) is 0 Å².